The van der Waals surface area contributed by atoms with Crippen LogP contribution in [0, 0.1) is 11.8 Å². The SMILES string of the molecule is CC1CC(C)CC(n2cc(C=O)nn2)C1. The molecule has 1 heterocycles. The van der Waals surface area contributed by atoms with Crippen LogP contribution in [-0.2, 0) is 0 Å². The van der Waals surface area contributed by atoms with Crippen LogP contribution in [0.2, 0.25) is 0 Å². The molecule has 0 saturated heterocycles. The maximum absolute atomic E-state index is 10.5. The first kappa shape index (κ1) is 10.3. The Hall–Kier alpha value is -1.19. The molecule has 1 aliphatic carbocycles. The summed E-state index contributed by atoms with van der Waals surface area (Å²) < 4.78 is 1.86. The van der Waals surface area contributed by atoms with E-state index in [0.29, 0.717) is 11.7 Å². The van der Waals surface area contributed by atoms with Gasteiger partial charge in [-0.1, -0.05) is 19.1 Å². The van der Waals surface area contributed by atoms with Crippen LogP contribution in [0.25, 0.3) is 0 Å². The smallest absolute Gasteiger partial charge is 0.171 e. The molecule has 82 valence electrons. The van der Waals surface area contributed by atoms with Crippen molar-refractivity contribution in [3.8, 4) is 0 Å². The molecule has 0 N–H and O–H groups in total. The minimum Gasteiger partial charge on any atom is -0.296 e. The number of rotatable bonds is 2. The number of nitrogens with zero attached hydrogens (tertiary/aromatic N) is 3. The predicted octanol–water partition coefficient (Wildman–Crippen LogP) is 2.09. The molecular formula is C11H17N3O. The van der Waals surface area contributed by atoms with Gasteiger partial charge < -0.3 is 0 Å². The average molecular weight is 207 g/mol. The van der Waals surface area contributed by atoms with E-state index < -0.39 is 0 Å². The lowest BCUT2D eigenvalue weighted by atomic mass is 9.80. The van der Waals surface area contributed by atoms with E-state index in [1.807, 2.05) is 4.68 Å². The van der Waals surface area contributed by atoms with E-state index in [-0.39, 0.29) is 0 Å². The van der Waals surface area contributed by atoms with Crippen LogP contribution in [-0.4, -0.2) is 21.3 Å². The van der Waals surface area contributed by atoms with E-state index in [2.05, 4.69) is 24.2 Å². The van der Waals surface area contributed by atoms with Crippen molar-refractivity contribution in [1.82, 2.24) is 15.0 Å². The Morgan fingerprint density at radius 1 is 1.33 bits per heavy atom. The van der Waals surface area contributed by atoms with Crippen LogP contribution >= 0.6 is 0 Å². The highest BCUT2D eigenvalue weighted by atomic mass is 16.1. The molecule has 1 aromatic heterocycles. The fourth-order valence-corrected chi connectivity index (χ4v) is 2.64. The van der Waals surface area contributed by atoms with E-state index in [1.165, 1.54) is 6.42 Å². The van der Waals surface area contributed by atoms with Crippen LogP contribution in [0.3, 0.4) is 0 Å². The Kier molecular flexibility index (Phi) is 2.84. The number of carbonyl (C=O) groups excluding carboxylic acids is 1. The summed E-state index contributed by atoms with van der Waals surface area (Å²) in [6.45, 7) is 4.56. The summed E-state index contributed by atoms with van der Waals surface area (Å²) in [4.78, 5) is 10.5. The number of hydrogen-bond acceptors (Lipinski definition) is 3. The molecule has 2 rings (SSSR count). The van der Waals surface area contributed by atoms with Gasteiger partial charge in [0.05, 0.1) is 12.2 Å². The molecule has 0 radical (unpaired) electrons. The summed E-state index contributed by atoms with van der Waals surface area (Å²) in [6.07, 6.45) is 6.09. The van der Waals surface area contributed by atoms with Crippen molar-refractivity contribution in [3.05, 3.63) is 11.9 Å². The Labute approximate surface area is 89.7 Å². The Bertz CT molecular complexity index is 337. The quantitative estimate of drug-likeness (QED) is 0.698. The highest BCUT2D eigenvalue weighted by Gasteiger charge is 2.25. The number of carbonyl (C=O) groups is 1. The van der Waals surface area contributed by atoms with Crippen LogP contribution < -0.4 is 0 Å². The summed E-state index contributed by atoms with van der Waals surface area (Å²) in [6, 6.07) is 0.421. The van der Waals surface area contributed by atoms with E-state index in [0.717, 1.165) is 31.0 Å². The Morgan fingerprint density at radius 3 is 2.53 bits per heavy atom. The van der Waals surface area contributed by atoms with Gasteiger partial charge in [0, 0.05) is 0 Å². The standard InChI is InChI=1S/C11H17N3O/c1-8-3-9(2)5-11(4-8)14-6-10(7-15)12-13-14/h6-9,11H,3-5H2,1-2H3. The fraction of sp³-hybridized carbons (Fsp3) is 0.727. The lowest BCUT2D eigenvalue weighted by Gasteiger charge is -2.31. The molecule has 0 spiro atoms. The van der Waals surface area contributed by atoms with Crippen molar-refractivity contribution in [1.29, 1.82) is 0 Å². The highest BCUT2D eigenvalue weighted by Crippen LogP contribution is 2.35. The second kappa shape index (κ2) is 4.13. The van der Waals surface area contributed by atoms with Gasteiger partial charge in [-0.2, -0.15) is 0 Å². The largest absolute Gasteiger partial charge is 0.296 e. The highest BCUT2D eigenvalue weighted by molar-refractivity contribution is 5.70. The third kappa shape index (κ3) is 2.25. The molecule has 15 heavy (non-hydrogen) atoms. The van der Waals surface area contributed by atoms with E-state index in [9.17, 15) is 4.79 Å². The fourth-order valence-electron chi connectivity index (χ4n) is 2.64. The van der Waals surface area contributed by atoms with Gasteiger partial charge in [0.1, 0.15) is 5.69 Å². The summed E-state index contributed by atoms with van der Waals surface area (Å²) >= 11 is 0. The molecule has 1 fully saturated rings. The van der Waals surface area contributed by atoms with Gasteiger partial charge in [0.25, 0.3) is 0 Å². The molecule has 1 aromatic rings. The van der Waals surface area contributed by atoms with E-state index in [4.69, 9.17) is 0 Å². The number of hydrogen-bond donors (Lipinski definition) is 0. The number of aldehydes is 1. The van der Waals surface area contributed by atoms with Gasteiger partial charge in [-0.15, -0.1) is 5.10 Å². The first-order chi connectivity index (χ1) is 7.19. The summed E-state index contributed by atoms with van der Waals surface area (Å²) in [5, 5.41) is 7.82. The predicted molar refractivity (Wildman–Crippen MR) is 56.6 cm³/mol. The molecule has 1 aliphatic rings. The summed E-state index contributed by atoms with van der Waals surface area (Å²) in [7, 11) is 0. The lowest BCUT2D eigenvalue weighted by molar-refractivity contribution is 0.111. The van der Waals surface area contributed by atoms with Crippen molar-refractivity contribution in [2.75, 3.05) is 0 Å². The zero-order valence-electron chi connectivity index (χ0n) is 9.26. The maximum Gasteiger partial charge on any atom is 0.171 e. The molecular weight excluding hydrogens is 190 g/mol. The number of aromatic nitrogens is 3. The minimum atomic E-state index is 0.421. The van der Waals surface area contributed by atoms with Gasteiger partial charge >= 0.3 is 0 Å². The molecule has 4 heteroatoms. The zero-order chi connectivity index (χ0) is 10.8. The molecule has 4 nitrogen and oxygen atoms in total. The molecule has 1 saturated carbocycles. The third-order valence-corrected chi connectivity index (χ3v) is 3.18. The zero-order valence-corrected chi connectivity index (χ0v) is 9.26. The lowest BCUT2D eigenvalue weighted by Crippen LogP contribution is -2.23. The van der Waals surface area contributed by atoms with Crippen molar-refractivity contribution < 1.29 is 4.79 Å². The Balaban J connectivity index is 2.12. The van der Waals surface area contributed by atoms with Crippen molar-refractivity contribution >= 4 is 6.29 Å². The molecule has 2 unspecified atom stereocenters. The summed E-state index contributed by atoms with van der Waals surface area (Å²) in [5.41, 5.74) is 0.431. The molecule has 0 aromatic carbocycles. The first-order valence-corrected chi connectivity index (χ1v) is 5.56. The van der Waals surface area contributed by atoms with E-state index >= 15 is 0 Å². The van der Waals surface area contributed by atoms with Gasteiger partial charge in [-0.05, 0) is 31.1 Å². The summed E-state index contributed by atoms with van der Waals surface area (Å²) in [5.74, 6) is 1.48. The van der Waals surface area contributed by atoms with Gasteiger partial charge in [0.15, 0.2) is 6.29 Å². The van der Waals surface area contributed by atoms with Crippen LogP contribution in [0.15, 0.2) is 6.20 Å². The second-order valence-electron chi connectivity index (χ2n) is 4.81. The van der Waals surface area contributed by atoms with Gasteiger partial charge in [0.2, 0.25) is 0 Å². The van der Waals surface area contributed by atoms with Crippen LogP contribution in [0.1, 0.15) is 49.6 Å². The normalized spacial score (nSPS) is 31.5. The first-order valence-electron chi connectivity index (χ1n) is 5.56. The van der Waals surface area contributed by atoms with Gasteiger partial charge in [-0.3, -0.25) is 4.79 Å². The van der Waals surface area contributed by atoms with E-state index in [1.54, 1.807) is 6.20 Å². The van der Waals surface area contributed by atoms with Crippen LogP contribution in [0.5, 0.6) is 0 Å². The van der Waals surface area contributed by atoms with Crippen molar-refractivity contribution in [2.24, 2.45) is 11.8 Å². The topological polar surface area (TPSA) is 47.8 Å². The molecule has 0 amide bonds. The molecule has 0 bridgehead atoms. The molecule has 2 atom stereocenters. The maximum atomic E-state index is 10.5. The molecule has 0 aliphatic heterocycles. The second-order valence-corrected chi connectivity index (χ2v) is 4.81. The van der Waals surface area contributed by atoms with Crippen molar-refractivity contribution in [2.45, 2.75) is 39.2 Å². The van der Waals surface area contributed by atoms with Crippen LogP contribution in [0.4, 0.5) is 0 Å². The monoisotopic (exact) mass is 207 g/mol. The third-order valence-electron chi connectivity index (χ3n) is 3.18. The average Bonchev–Trinajstić information content (AvgIpc) is 2.64. The van der Waals surface area contributed by atoms with Crippen molar-refractivity contribution in [3.63, 3.8) is 0 Å². The minimum absolute atomic E-state index is 0.421. The Morgan fingerprint density at radius 2 is 2.00 bits per heavy atom. The van der Waals surface area contributed by atoms with Gasteiger partial charge in [-0.25, -0.2) is 4.68 Å².